The van der Waals surface area contributed by atoms with Gasteiger partial charge < -0.3 is 75.3 Å². The molecule has 10 aromatic carbocycles. The number of ether oxygens (including phenoxy) is 9. The Morgan fingerprint density at radius 2 is 0.739 bits per heavy atom. The minimum absolute atomic E-state index is 0.0395. The number of fused-ring (bicyclic) bond motifs is 15. The third kappa shape index (κ3) is 19.7. The largest absolute Gasteiger partial charge is 0.461 e. The first-order chi connectivity index (χ1) is 65.5. The molecule has 10 heterocycles. The fourth-order valence-corrected chi connectivity index (χ4v) is 17.8. The maximum absolute atomic E-state index is 13.0. The van der Waals surface area contributed by atoms with Gasteiger partial charge in [-0.2, -0.15) is 0 Å². The molecule has 0 spiro atoms. The summed E-state index contributed by atoms with van der Waals surface area (Å²) >= 11 is 8.04. The van der Waals surface area contributed by atoms with Gasteiger partial charge in [-0.3, -0.25) is 14.4 Å². The number of hydrogen-bond acceptors (Lipinski definition) is 15. The lowest BCUT2D eigenvalue weighted by atomic mass is 9.89. The first kappa shape index (κ1) is 90.0. The minimum Gasteiger partial charge on any atom is -0.461 e. The predicted molar refractivity (Wildman–Crippen MR) is 524 cm³/mol. The van der Waals surface area contributed by atoms with Crippen LogP contribution in [0.15, 0.2) is 357 Å². The van der Waals surface area contributed by atoms with Gasteiger partial charge in [-0.1, -0.05) is 242 Å². The van der Waals surface area contributed by atoms with Crippen molar-refractivity contribution < 1.29 is 66.6 Å². The molecule has 1 aliphatic carbocycles. The van der Waals surface area contributed by atoms with E-state index in [1.54, 1.807) is 19.0 Å². The van der Waals surface area contributed by atoms with Gasteiger partial charge in [-0.05, 0) is 167 Å². The molecular weight excluding hydrogens is 1720 g/mol. The van der Waals surface area contributed by atoms with Gasteiger partial charge in [-0.25, -0.2) is 9.59 Å². The van der Waals surface area contributed by atoms with Gasteiger partial charge in [-0.15, -0.1) is 0 Å². The molecule has 0 radical (unpaired) electrons. The standard InChI is InChI=1S/C25H23NO3.C24H24N2O3.C21H17ClN2O2S.C21H17NO3.C20H15NO3/c27-25(19-12-5-2-6-13-19)29-24-21-15-9-17-26(21)20-14-7-8-16-22(20)28-23(24)18-10-3-1-4-11-18;1-4-25(5-2)24(27)29-23-20-13-9-15-26(20)19-12-6-7-14-21(19)28-22(23)18-11-8-10-17(3)16-18;1-23(2)21(25)26-18-16-12-7-13-24(16)17-11-6-10-15(22)20(17)27-19(18)14-8-4-3-5-9-14;1-15(23)24-14-17-18-11-7-13-22(18)19-10-5-6-12-20(19)25-21(17)16-8-3-2-4-9-16;1-14(22)23-20-17-11-7-13-21(17)16-10-5-6-12-18(16)24-19(20)15-8-3-2-4-9-15/h1,3-4,7-11,14-17,19H,2,5-6,12-13H2;6-16H,4-5H2,1-3H3;3-13H,1-2H3;2-13H,14H2,1H3;2-13H,1H3. The van der Waals surface area contributed by atoms with Crippen LogP contribution in [0.4, 0.5) is 9.59 Å². The number of benzene rings is 10. The quantitative estimate of drug-likeness (QED) is 0.0735. The Morgan fingerprint density at radius 3 is 1.19 bits per heavy atom. The van der Waals surface area contributed by atoms with Crippen LogP contribution in [0, 0.1) is 12.8 Å². The molecule has 1 fully saturated rings. The zero-order valence-electron chi connectivity index (χ0n) is 74.9. The van der Waals surface area contributed by atoms with E-state index in [9.17, 15) is 24.0 Å². The van der Waals surface area contributed by atoms with E-state index >= 15 is 0 Å². The molecule has 134 heavy (non-hydrogen) atoms. The second-order valence-electron chi connectivity index (χ2n) is 32.0. The SMILES string of the molecule is CC(=O)OC1=C(c2ccccc2)Oc2ccccc2-n2cccc21.CC(=O)OCC1=C(c2ccccc2)Oc2ccccc2-n2cccc21.CCN(CC)C(=O)OC1=C(c2cccc(C)c2)Oc2ccccc2-n2cccc21.CN(C)C(=O)OC1=C(c2ccccc2)Sc2c(Cl)cccc2-n2cccc21.O=C(OC1=C(c2ccccc2)Oc2ccccc2-n2cccc21)C1CCCCC1. The summed E-state index contributed by atoms with van der Waals surface area (Å²) in [5, 5.41) is 0.658. The lowest BCUT2D eigenvalue weighted by Crippen LogP contribution is -2.31. The summed E-state index contributed by atoms with van der Waals surface area (Å²) in [5.74, 6) is 6.13. The van der Waals surface area contributed by atoms with Crippen LogP contribution in [0.2, 0.25) is 5.02 Å². The summed E-state index contributed by atoms with van der Waals surface area (Å²) in [6, 6.07) is 104. The molecule has 0 unspecified atom stereocenters. The molecule has 0 bridgehead atoms. The lowest BCUT2D eigenvalue weighted by Gasteiger charge is -2.21. The molecule has 6 aliphatic rings. The monoisotopic (exact) mass is 1820 g/mol. The Hall–Kier alpha value is -15.9. The molecule has 2 amide bonds. The van der Waals surface area contributed by atoms with Crippen LogP contribution >= 0.6 is 23.4 Å². The number of carbonyl (C=O) groups excluding carboxylic acids is 5. The van der Waals surface area contributed by atoms with Crippen LogP contribution < -0.4 is 18.9 Å². The van der Waals surface area contributed by atoms with Crippen molar-refractivity contribution in [3.05, 3.63) is 419 Å². The molecule has 1 saturated carbocycles. The average molecular weight is 1820 g/mol. The minimum atomic E-state index is -0.427. The number of aryl methyl sites for hydroxylation is 1. The van der Waals surface area contributed by atoms with Gasteiger partial charge in [0.05, 0.1) is 83.2 Å². The zero-order valence-corrected chi connectivity index (χ0v) is 76.4. The zero-order chi connectivity index (χ0) is 92.7. The number of esters is 3. The Bertz CT molecular complexity index is 7010. The smallest absolute Gasteiger partial charge is 0.415 e. The molecule has 23 heteroatoms. The summed E-state index contributed by atoms with van der Waals surface area (Å²) in [5.41, 5.74) is 15.2. The van der Waals surface area contributed by atoms with Gasteiger partial charge >= 0.3 is 30.1 Å². The summed E-state index contributed by atoms with van der Waals surface area (Å²) in [6.07, 6.45) is 14.1. The fourth-order valence-electron chi connectivity index (χ4n) is 16.4. The topological polar surface area (TPSA) is 200 Å². The Balaban J connectivity index is 0.000000117. The highest BCUT2D eigenvalue weighted by Gasteiger charge is 2.35. The van der Waals surface area contributed by atoms with Crippen LogP contribution in [0.1, 0.15) is 122 Å². The maximum atomic E-state index is 13.0. The molecule has 21 nitrogen and oxygen atoms in total. The normalized spacial score (nSPS) is 13.5. The highest BCUT2D eigenvalue weighted by molar-refractivity contribution is 8.08. The van der Waals surface area contributed by atoms with E-state index in [4.69, 9.17) is 54.2 Å². The fraction of sp³-hybridized carbons (Fsp3) is 0.144. The number of thioether (sulfide) groups is 1. The van der Waals surface area contributed by atoms with Crippen molar-refractivity contribution in [2.24, 2.45) is 5.92 Å². The molecule has 0 atom stereocenters. The van der Waals surface area contributed by atoms with Gasteiger partial charge in [0.1, 0.15) is 12.4 Å². The molecule has 672 valence electrons. The molecular formula is C111H96ClN7O14S. The summed E-state index contributed by atoms with van der Waals surface area (Å²) in [6.45, 7) is 9.99. The second kappa shape index (κ2) is 41.5. The van der Waals surface area contributed by atoms with Crippen molar-refractivity contribution in [1.29, 1.82) is 0 Å². The van der Waals surface area contributed by atoms with Crippen molar-refractivity contribution in [1.82, 2.24) is 32.6 Å². The molecule has 5 aliphatic heterocycles. The number of carbonyl (C=O) groups is 5. The van der Waals surface area contributed by atoms with Crippen molar-refractivity contribution in [3.8, 4) is 51.4 Å². The number of amides is 2. The Morgan fingerprint density at radius 1 is 0.373 bits per heavy atom. The van der Waals surface area contributed by atoms with Gasteiger partial charge in [0.25, 0.3) is 0 Å². The van der Waals surface area contributed by atoms with Crippen molar-refractivity contribution >= 4 is 110 Å². The molecule has 5 aromatic heterocycles. The highest BCUT2D eigenvalue weighted by atomic mass is 35.5. The number of aromatic nitrogens is 5. The van der Waals surface area contributed by atoms with Crippen LogP contribution in [0.25, 0.3) is 85.0 Å². The highest BCUT2D eigenvalue weighted by Crippen LogP contribution is 2.50. The Kier molecular flexibility index (Phi) is 27.9. The van der Waals surface area contributed by atoms with Crippen LogP contribution in [-0.4, -0.2) is 96.5 Å². The lowest BCUT2D eigenvalue weighted by molar-refractivity contribution is -0.142. The third-order valence-electron chi connectivity index (χ3n) is 22.8. The number of nitrogens with zero attached hydrogens (tertiary/aromatic N) is 7. The van der Waals surface area contributed by atoms with E-state index in [2.05, 4.69) is 4.57 Å². The third-order valence-corrected chi connectivity index (χ3v) is 24.5. The van der Waals surface area contributed by atoms with Crippen LogP contribution in [-0.2, 0) is 38.1 Å². The average Bonchev–Trinajstić information content (AvgIpc) is 1.66. The van der Waals surface area contributed by atoms with E-state index < -0.39 is 12.2 Å². The van der Waals surface area contributed by atoms with E-state index in [-0.39, 0.29) is 30.4 Å². The second-order valence-corrected chi connectivity index (χ2v) is 33.4. The van der Waals surface area contributed by atoms with Crippen molar-refractivity contribution in [2.75, 3.05) is 33.8 Å². The number of halogens is 1. The van der Waals surface area contributed by atoms with E-state index in [0.29, 0.717) is 75.7 Å². The van der Waals surface area contributed by atoms with E-state index in [0.717, 1.165) is 143 Å². The van der Waals surface area contributed by atoms with Crippen LogP contribution in [0.3, 0.4) is 0 Å². The number of rotatable bonds is 14. The van der Waals surface area contributed by atoms with Crippen LogP contribution in [0.5, 0.6) is 23.0 Å². The first-order valence-electron chi connectivity index (χ1n) is 44.3. The van der Waals surface area contributed by atoms with Crippen molar-refractivity contribution in [3.63, 3.8) is 0 Å². The van der Waals surface area contributed by atoms with E-state index in [1.807, 2.05) is 392 Å². The Labute approximate surface area is 786 Å². The summed E-state index contributed by atoms with van der Waals surface area (Å²) in [4.78, 5) is 66.2. The molecule has 0 saturated heterocycles. The first-order valence-corrected chi connectivity index (χ1v) is 45.5. The maximum Gasteiger partial charge on any atom is 0.415 e. The number of hydrogen-bond donors (Lipinski definition) is 0. The number of para-hydroxylation sites is 8. The summed E-state index contributed by atoms with van der Waals surface area (Å²) in [7, 11) is 3.33. The predicted octanol–water partition coefficient (Wildman–Crippen LogP) is 25.6. The molecule has 21 rings (SSSR count). The van der Waals surface area contributed by atoms with Gasteiger partial charge in [0.2, 0.25) is 0 Å². The van der Waals surface area contributed by atoms with Crippen molar-refractivity contribution in [2.45, 2.75) is 71.6 Å². The molecule has 15 aromatic rings. The summed E-state index contributed by atoms with van der Waals surface area (Å²) < 4.78 is 64.0. The van der Waals surface area contributed by atoms with E-state index in [1.165, 1.54) is 36.9 Å². The molecule has 0 N–H and O–H groups in total. The van der Waals surface area contributed by atoms with Gasteiger partial charge in [0.15, 0.2) is 63.3 Å². The van der Waals surface area contributed by atoms with Gasteiger partial charge in [0, 0.05) is 94.3 Å².